The van der Waals surface area contributed by atoms with Gasteiger partial charge in [0.2, 0.25) is 5.91 Å². The van der Waals surface area contributed by atoms with E-state index in [0.29, 0.717) is 0 Å². The molecule has 1 aliphatic carbocycles. The molecule has 0 aromatic carbocycles. The van der Waals surface area contributed by atoms with E-state index >= 15 is 0 Å². The van der Waals surface area contributed by atoms with Crippen LogP contribution in [0, 0.1) is 12.3 Å². The van der Waals surface area contributed by atoms with Gasteiger partial charge in [0.05, 0.1) is 0 Å². The molecule has 1 aliphatic rings. The predicted molar refractivity (Wildman–Crippen MR) is 86.2 cm³/mol. The Morgan fingerprint density at radius 1 is 1.57 bits per heavy atom. The van der Waals surface area contributed by atoms with Crippen molar-refractivity contribution in [1.29, 1.82) is 0 Å². The summed E-state index contributed by atoms with van der Waals surface area (Å²) in [5.41, 5.74) is 10.2. The molecule has 2 atom stereocenters. The number of aryl methyl sites for hydroxylation is 1. The van der Waals surface area contributed by atoms with Crippen LogP contribution in [0.15, 0.2) is 6.07 Å². The molecule has 1 aromatic rings. The molecular formula is C17H29N3O. The first-order valence-electron chi connectivity index (χ1n) is 7.89. The summed E-state index contributed by atoms with van der Waals surface area (Å²) < 4.78 is 2.20. The third kappa shape index (κ3) is 2.86. The molecule has 0 saturated carbocycles. The Balaban J connectivity index is 2.44. The van der Waals surface area contributed by atoms with Gasteiger partial charge in [-0.2, -0.15) is 0 Å². The molecule has 21 heavy (non-hydrogen) atoms. The zero-order valence-corrected chi connectivity index (χ0v) is 14.2. The summed E-state index contributed by atoms with van der Waals surface area (Å²) in [6.07, 6.45) is 1.98. The highest BCUT2D eigenvalue weighted by Crippen LogP contribution is 2.41. The molecule has 4 heteroatoms. The smallest absolute Gasteiger partial charge is 0.245 e. The van der Waals surface area contributed by atoms with E-state index < -0.39 is 0 Å². The molecule has 118 valence electrons. The molecule has 2 N–H and O–H groups in total. The Hall–Kier alpha value is -1.29. The molecule has 0 aliphatic heterocycles. The van der Waals surface area contributed by atoms with Crippen molar-refractivity contribution in [3.8, 4) is 0 Å². The summed E-state index contributed by atoms with van der Waals surface area (Å²) in [4.78, 5) is 14.3. The number of aromatic nitrogens is 1. The molecule has 0 spiro atoms. The maximum absolute atomic E-state index is 12.5. The van der Waals surface area contributed by atoms with Gasteiger partial charge < -0.3 is 15.2 Å². The van der Waals surface area contributed by atoms with E-state index in [4.69, 9.17) is 5.73 Å². The first-order chi connectivity index (χ1) is 9.68. The van der Waals surface area contributed by atoms with E-state index in [1.54, 1.807) is 4.90 Å². The van der Waals surface area contributed by atoms with Gasteiger partial charge in [0.15, 0.2) is 0 Å². The van der Waals surface area contributed by atoms with Crippen molar-refractivity contribution in [2.75, 3.05) is 13.6 Å². The number of hydrogen-bond acceptors (Lipinski definition) is 2. The van der Waals surface area contributed by atoms with Crippen LogP contribution in [0.5, 0.6) is 0 Å². The number of amides is 1. The average molecular weight is 291 g/mol. The molecular weight excluding hydrogens is 262 g/mol. The van der Waals surface area contributed by atoms with Crippen molar-refractivity contribution >= 4 is 5.91 Å². The number of rotatable bonds is 3. The van der Waals surface area contributed by atoms with Crippen molar-refractivity contribution in [1.82, 2.24) is 9.47 Å². The molecule has 0 bridgehead atoms. The Labute approximate surface area is 128 Å². The number of carbonyl (C=O) groups excluding carboxylic acids is 1. The summed E-state index contributed by atoms with van der Waals surface area (Å²) in [6.45, 7) is 11.3. The fourth-order valence-corrected chi connectivity index (χ4v) is 3.59. The summed E-state index contributed by atoms with van der Waals surface area (Å²) in [6, 6.07) is 2.08. The lowest BCUT2D eigenvalue weighted by atomic mass is 9.74. The van der Waals surface area contributed by atoms with Crippen LogP contribution in [0.25, 0.3) is 0 Å². The lowest BCUT2D eigenvalue weighted by Gasteiger charge is -2.35. The maximum Gasteiger partial charge on any atom is 0.245 e. The van der Waals surface area contributed by atoms with E-state index in [2.05, 4.69) is 31.4 Å². The Bertz CT molecular complexity index is 544. The number of likely N-dealkylation sites (N-methyl/N-ethyl adjacent to an activating group) is 1. The number of carbonyl (C=O) groups is 1. The second-order valence-electron chi connectivity index (χ2n) is 7.24. The van der Waals surface area contributed by atoms with Crippen LogP contribution in [0.2, 0.25) is 0 Å². The summed E-state index contributed by atoms with van der Waals surface area (Å²) in [5.74, 6) is 0.163. The molecule has 1 amide bonds. The Morgan fingerprint density at radius 3 is 2.76 bits per heavy atom. The minimum Gasteiger partial charge on any atom is -0.344 e. The van der Waals surface area contributed by atoms with Crippen molar-refractivity contribution in [3.63, 3.8) is 0 Å². The van der Waals surface area contributed by atoms with E-state index in [-0.39, 0.29) is 23.4 Å². The van der Waals surface area contributed by atoms with Crippen LogP contribution in [-0.4, -0.2) is 29.0 Å². The summed E-state index contributed by atoms with van der Waals surface area (Å²) >= 11 is 0. The molecule has 0 fully saturated rings. The summed E-state index contributed by atoms with van der Waals surface area (Å²) in [7, 11) is 1.86. The zero-order valence-electron chi connectivity index (χ0n) is 14.2. The van der Waals surface area contributed by atoms with Gasteiger partial charge in [-0.1, -0.05) is 13.8 Å². The second-order valence-corrected chi connectivity index (χ2v) is 7.24. The highest BCUT2D eigenvalue weighted by molar-refractivity contribution is 5.80. The van der Waals surface area contributed by atoms with Crippen LogP contribution in [0.3, 0.4) is 0 Å². The lowest BCUT2D eigenvalue weighted by molar-refractivity contribution is -0.132. The Kier molecular flexibility index (Phi) is 4.20. The standard InChI is InChI=1S/C17H29N3O/c1-7-19(6)16(21)12(3)20-11(2)8-13-14(18)9-17(4,5)10-15(13)20/h8,12,14H,7,9-10,18H2,1-6H3. The van der Waals surface area contributed by atoms with Gasteiger partial charge in [-0.25, -0.2) is 0 Å². The van der Waals surface area contributed by atoms with E-state index in [1.165, 1.54) is 11.3 Å². The highest BCUT2D eigenvalue weighted by Gasteiger charge is 2.35. The SMILES string of the molecule is CCN(C)C(=O)C(C)n1c(C)cc2c1CC(C)(C)CC2N. The van der Waals surface area contributed by atoms with Gasteiger partial charge in [0, 0.05) is 31.0 Å². The third-order valence-corrected chi connectivity index (χ3v) is 4.78. The molecule has 2 unspecified atom stereocenters. The maximum atomic E-state index is 12.5. The number of hydrogen-bond donors (Lipinski definition) is 1. The van der Waals surface area contributed by atoms with Gasteiger partial charge >= 0.3 is 0 Å². The van der Waals surface area contributed by atoms with Crippen LogP contribution in [-0.2, 0) is 11.2 Å². The molecule has 2 rings (SSSR count). The van der Waals surface area contributed by atoms with Crippen LogP contribution < -0.4 is 5.73 Å². The van der Waals surface area contributed by atoms with Gasteiger partial charge in [0.1, 0.15) is 6.04 Å². The monoisotopic (exact) mass is 291 g/mol. The van der Waals surface area contributed by atoms with E-state index in [1.807, 2.05) is 20.9 Å². The highest BCUT2D eigenvalue weighted by atomic mass is 16.2. The molecule has 1 aromatic heterocycles. The topological polar surface area (TPSA) is 51.3 Å². The van der Waals surface area contributed by atoms with Crippen LogP contribution >= 0.6 is 0 Å². The van der Waals surface area contributed by atoms with Crippen molar-refractivity contribution < 1.29 is 4.79 Å². The number of fused-ring (bicyclic) bond motifs is 1. The number of nitrogens with two attached hydrogens (primary N) is 1. The fourth-order valence-electron chi connectivity index (χ4n) is 3.59. The van der Waals surface area contributed by atoms with Gasteiger partial charge in [-0.05, 0) is 50.7 Å². The normalized spacial score (nSPS) is 21.8. The fraction of sp³-hybridized carbons (Fsp3) is 0.706. The molecule has 0 saturated heterocycles. The molecule has 1 heterocycles. The molecule has 4 nitrogen and oxygen atoms in total. The minimum atomic E-state index is -0.167. The van der Waals surface area contributed by atoms with Gasteiger partial charge in [0.25, 0.3) is 0 Å². The van der Waals surface area contributed by atoms with E-state index in [0.717, 1.165) is 25.1 Å². The largest absolute Gasteiger partial charge is 0.344 e. The van der Waals surface area contributed by atoms with E-state index in [9.17, 15) is 4.79 Å². The quantitative estimate of drug-likeness (QED) is 0.931. The first kappa shape index (κ1) is 16.1. The van der Waals surface area contributed by atoms with Crippen molar-refractivity contribution in [2.45, 2.75) is 59.5 Å². The Morgan fingerprint density at radius 2 is 2.19 bits per heavy atom. The predicted octanol–water partition coefficient (Wildman–Crippen LogP) is 2.81. The van der Waals surface area contributed by atoms with Gasteiger partial charge in [-0.3, -0.25) is 4.79 Å². The second kappa shape index (κ2) is 5.48. The molecule has 0 radical (unpaired) electrons. The lowest BCUT2D eigenvalue weighted by Crippen LogP contribution is -2.36. The number of nitrogens with zero attached hydrogens (tertiary/aromatic N) is 2. The van der Waals surface area contributed by atoms with Crippen molar-refractivity contribution in [2.24, 2.45) is 11.1 Å². The third-order valence-electron chi connectivity index (χ3n) is 4.78. The average Bonchev–Trinajstić information content (AvgIpc) is 2.71. The first-order valence-corrected chi connectivity index (χ1v) is 7.89. The summed E-state index contributed by atoms with van der Waals surface area (Å²) in [5, 5.41) is 0. The van der Waals surface area contributed by atoms with Crippen molar-refractivity contribution in [3.05, 3.63) is 23.0 Å². The van der Waals surface area contributed by atoms with Crippen LogP contribution in [0.1, 0.15) is 63.2 Å². The van der Waals surface area contributed by atoms with Gasteiger partial charge in [-0.15, -0.1) is 0 Å². The zero-order chi connectivity index (χ0) is 15.9. The van der Waals surface area contributed by atoms with Crippen LogP contribution in [0.4, 0.5) is 0 Å². The minimum absolute atomic E-state index is 0.0786.